The fraction of sp³-hybridized carbons (Fsp3) is 0.632. The fourth-order valence-corrected chi connectivity index (χ4v) is 4.37. The number of fused-ring (bicyclic) bond motifs is 1. The molecule has 1 aromatic carbocycles. The summed E-state index contributed by atoms with van der Waals surface area (Å²) in [6.45, 7) is 2.24. The van der Waals surface area contributed by atoms with Gasteiger partial charge in [0.15, 0.2) is 0 Å². The van der Waals surface area contributed by atoms with Crippen LogP contribution >= 0.6 is 0 Å². The highest BCUT2D eigenvalue weighted by molar-refractivity contribution is 5.84. The van der Waals surface area contributed by atoms with Crippen LogP contribution in [0.3, 0.4) is 0 Å². The van der Waals surface area contributed by atoms with Crippen molar-refractivity contribution in [2.24, 2.45) is 11.3 Å². The molecule has 1 saturated heterocycles. The van der Waals surface area contributed by atoms with Gasteiger partial charge < -0.3 is 15.5 Å². The molecule has 2 N–H and O–H groups in total. The average Bonchev–Trinajstić information content (AvgIpc) is 3.00. The lowest BCUT2D eigenvalue weighted by Crippen LogP contribution is -2.49. The number of rotatable bonds is 5. The van der Waals surface area contributed by atoms with Crippen LogP contribution in [0.4, 0.5) is 4.39 Å². The highest BCUT2D eigenvalue weighted by atomic mass is 19.1. The highest BCUT2D eigenvalue weighted by Gasteiger charge is 2.49. The predicted octanol–water partition coefficient (Wildman–Crippen LogP) is 2.32. The van der Waals surface area contributed by atoms with Crippen molar-refractivity contribution in [3.63, 3.8) is 0 Å². The molecule has 0 bridgehead atoms. The number of carbonyl (C=O) groups excluding carboxylic acids is 1. The third kappa shape index (κ3) is 3.33. The maximum atomic E-state index is 13.5. The minimum absolute atomic E-state index is 0.0301. The van der Waals surface area contributed by atoms with Crippen molar-refractivity contribution in [2.75, 3.05) is 33.7 Å². The Morgan fingerprint density at radius 1 is 1.46 bits per heavy atom. The number of amides is 1. The zero-order valence-corrected chi connectivity index (χ0v) is 14.6. The minimum Gasteiger partial charge on any atom is -0.354 e. The molecule has 1 unspecified atom stereocenters. The Hall–Kier alpha value is -1.46. The van der Waals surface area contributed by atoms with Crippen LogP contribution < -0.4 is 10.6 Å². The second-order valence-electron chi connectivity index (χ2n) is 7.47. The summed E-state index contributed by atoms with van der Waals surface area (Å²) in [7, 11) is 3.92. The summed E-state index contributed by atoms with van der Waals surface area (Å²) in [5.41, 5.74) is 0.652. The fourth-order valence-electron chi connectivity index (χ4n) is 4.37. The third-order valence-electron chi connectivity index (χ3n) is 5.80. The molecule has 0 spiro atoms. The molecular weight excluding hydrogens is 305 g/mol. The standard InChI is InChI=1S/C19H28FN3O/c1-23(2)17(14-6-5-8-16(20)10-14)12-22-18(24)19-9-4-3-7-15(19)11-21-13-19/h5-6,8,10,15,17,21H,3-4,7,9,11-13H2,1-2H3,(H,22,24)/t15-,17?,19+/m0/s1. The molecule has 132 valence electrons. The van der Waals surface area contributed by atoms with E-state index in [-0.39, 0.29) is 23.2 Å². The molecule has 3 atom stereocenters. The van der Waals surface area contributed by atoms with Crippen molar-refractivity contribution in [3.8, 4) is 0 Å². The van der Waals surface area contributed by atoms with Crippen LogP contribution in [0.15, 0.2) is 24.3 Å². The molecule has 5 heteroatoms. The molecular formula is C19H28FN3O. The molecule has 1 amide bonds. The van der Waals surface area contributed by atoms with Gasteiger partial charge in [0.1, 0.15) is 5.82 Å². The number of nitrogens with zero attached hydrogens (tertiary/aromatic N) is 1. The summed E-state index contributed by atoms with van der Waals surface area (Å²) in [5.74, 6) is 0.385. The average molecular weight is 333 g/mol. The van der Waals surface area contributed by atoms with Gasteiger partial charge in [-0.2, -0.15) is 0 Å². The second kappa shape index (κ2) is 7.19. The van der Waals surface area contributed by atoms with Gasteiger partial charge in [0.05, 0.1) is 11.5 Å². The summed E-state index contributed by atoms with van der Waals surface area (Å²) in [6, 6.07) is 6.61. The SMILES string of the molecule is CN(C)C(CNC(=O)[C@@]12CCCC[C@H]1CNC2)c1cccc(F)c1. The number of carbonyl (C=O) groups is 1. The molecule has 0 aromatic heterocycles. The predicted molar refractivity (Wildman–Crippen MR) is 93.1 cm³/mol. The first kappa shape index (κ1) is 17.4. The lowest BCUT2D eigenvalue weighted by atomic mass is 9.67. The molecule has 1 saturated carbocycles. The van der Waals surface area contributed by atoms with E-state index in [4.69, 9.17) is 0 Å². The van der Waals surface area contributed by atoms with E-state index < -0.39 is 0 Å². The van der Waals surface area contributed by atoms with Crippen LogP contribution in [0, 0.1) is 17.2 Å². The van der Waals surface area contributed by atoms with E-state index in [1.54, 1.807) is 12.1 Å². The van der Waals surface area contributed by atoms with Crippen molar-refractivity contribution in [1.29, 1.82) is 0 Å². The lowest BCUT2D eigenvalue weighted by Gasteiger charge is -2.37. The molecule has 4 nitrogen and oxygen atoms in total. The van der Waals surface area contributed by atoms with E-state index in [0.29, 0.717) is 12.5 Å². The molecule has 2 fully saturated rings. The van der Waals surface area contributed by atoms with Gasteiger partial charge in [-0.1, -0.05) is 25.0 Å². The van der Waals surface area contributed by atoms with Gasteiger partial charge in [0.25, 0.3) is 0 Å². The van der Waals surface area contributed by atoms with Gasteiger partial charge in [-0.15, -0.1) is 0 Å². The van der Waals surface area contributed by atoms with Crippen LogP contribution in [-0.2, 0) is 4.79 Å². The van der Waals surface area contributed by atoms with E-state index in [1.165, 1.54) is 12.5 Å². The van der Waals surface area contributed by atoms with Gasteiger partial charge in [-0.25, -0.2) is 4.39 Å². The molecule has 2 aliphatic rings. The third-order valence-corrected chi connectivity index (χ3v) is 5.80. The summed E-state index contributed by atoms with van der Waals surface area (Å²) >= 11 is 0. The second-order valence-corrected chi connectivity index (χ2v) is 7.47. The molecule has 1 heterocycles. The van der Waals surface area contributed by atoms with Crippen molar-refractivity contribution < 1.29 is 9.18 Å². The van der Waals surface area contributed by atoms with Gasteiger partial charge in [-0.05, 0) is 57.1 Å². The summed E-state index contributed by atoms with van der Waals surface area (Å²) in [6.07, 6.45) is 4.47. The zero-order valence-electron chi connectivity index (χ0n) is 14.6. The number of benzene rings is 1. The van der Waals surface area contributed by atoms with E-state index >= 15 is 0 Å². The van der Waals surface area contributed by atoms with Crippen LogP contribution in [0.2, 0.25) is 0 Å². The maximum absolute atomic E-state index is 13.5. The topological polar surface area (TPSA) is 44.4 Å². The van der Waals surface area contributed by atoms with Crippen molar-refractivity contribution in [2.45, 2.75) is 31.7 Å². The summed E-state index contributed by atoms with van der Waals surface area (Å²) in [4.78, 5) is 15.0. The number of halogens is 1. The zero-order chi connectivity index (χ0) is 17.2. The number of hydrogen-bond donors (Lipinski definition) is 2. The molecule has 1 aliphatic carbocycles. The smallest absolute Gasteiger partial charge is 0.227 e. The monoisotopic (exact) mass is 333 g/mol. The molecule has 1 aromatic rings. The largest absolute Gasteiger partial charge is 0.354 e. The van der Waals surface area contributed by atoms with E-state index in [9.17, 15) is 9.18 Å². The number of likely N-dealkylation sites (N-methyl/N-ethyl adjacent to an activating group) is 1. The van der Waals surface area contributed by atoms with Crippen LogP contribution in [0.25, 0.3) is 0 Å². The quantitative estimate of drug-likeness (QED) is 0.869. The first-order chi connectivity index (χ1) is 11.5. The van der Waals surface area contributed by atoms with E-state index in [1.807, 2.05) is 25.1 Å². The number of nitrogens with one attached hydrogen (secondary N) is 2. The lowest BCUT2D eigenvalue weighted by molar-refractivity contribution is -0.134. The van der Waals surface area contributed by atoms with Crippen molar-refractivity contribution in [3.05, 3.63) is 35.6 Å². The highest BCUT2D eigenvalue weighted by Crippen LogP contribution is 2.43. The molecule has 0 radical (unpaired) electrons. The number of hydrogen-bond acceptors (Lipinski definition) is 3. The molecule has 24 heavy (non-hydrogen) atoms. The van der Waals surface area contributed by atoms with Crippen molar-refractivity contribution >= 4 is 5.91 Å². The van der Waals surface area contributed by atoms with Gasteiger partial charge >= 0.3 is 0 Å². The van der Waals surface area contributed by atoms with Crippen LogP contribution in [0.1, 0.15) is 37.3 Å². The van der Waals surface area contributed by atoms with Crippen LogP contribution in [-0.4, -0.2) is 44.5 Å². The minimum atomic E-state index is -0.239. The van der Waals surface area contributed by atoms with Gasteiger partial charge in [0.2, 0.25) is 5.91 Å². The van der Waals surface area contributed by atoms with Gasteiger partial charge in [-0.3, -0.25) is 4.79 Å². The first-order valence-electron chi connectivity index (χ1n) is 8.94. The first-order valence-corrected chi connectivity index (χ1v) is 8.94. The Labute approximate surface area is 143 Å². The van der Waals surface area contributed by atoms with E-state index in [2.05, 4.69) is 10.6 Å². The molecule has 1 aliphatic heterocycles. The Kier molecular flexibility index (Phi) is 5.21. The Bertz CT molecular complexity index is 592. The van der Waals surface area contributed by atoms with Crippen LogP contribution in [0.5, 0.6) is 0 Å². The molecule has 3 rings (SSSR count). The van der Waals surface area contributed by atoms with Crippen molar-refractivity contribution in [1.82, 2.24) is 15.5 Å². The Morgan fingerprint density at radius 2 is 2.29 bits per heavy atom. The summed E-state index contributed by atoms with van der Waals surface area (Å²) < 4.78 is 13.5. The normalized spacial score (nSPS) is 27.8. The Morgan fingerprint density at radius 3 is 3.04 bits per heavy atom. The van der Waals surface area contributed by atoms with E-state index in [0.717, 1.165) is 37.9 Å². The summed E-state index contributed by atoms with van der Waals surface area (Å²) in [5, 5.41) is 6.59. The Balaban J connectivity index is 1.69. The maximum Gasteiger partial charge on any atom is 0.227 e. The van der Waals surface area contributed by atoms with Gasteiger partial charge in [0, 0.05) is 13.1 Å².